The molecule has 3 aromatic heterocycles. The molecule has 218 valence electrons. The Morgan fingerprint density at radius 2 is 1.95 bits per heavy atom. The fourth-order valence-electron chi connectivity index (χ4n) is 7.50. The van der Waals surface area contributed by atoms with E-state index in [2.05, 4.69) is 45.4 Å². The van der Waals surface area contributed by atoms with E-state index in [0.29, 0.717) is 23.1 Å². The number of fused-ring (bicyclic) bond motifs is 4. The summed E-state index contributed by atoms with van der Waals surface area (Å²) in [5.74, 6) is 2.61. The number of carbonyl (C=O) groups excluding carboxylic acids is 1. The maximum atomic E-state index is 13.7. The predicted molar refractivity (Wildman–Crippen MR) is 164 cm³/mol. The molecule has 0 radical (unpaired) electrons. The molecule has 1 amide bonds. The van der Waals surface area contributed by atoms with Crippen molar-refractivity contribution in [3.8, 4) is 17.3 Å². The second kappa shape index (κ2) is 9.67. The van der Waals surface area contributed by atoms with Gasteiger partial charge in [-0.05, 0) is 86.9 Å². The van der Waals surface area contributed by atoms with Gasteiger partial charge >= 0.3 is 0 Å². The summed E-state index contributed by atoms with van der Waals surface area (Å²) in [6.07, 6.45) is 7.92. The number of hydrogen-bond donors (Lipinski definition) is 1. The van der Waals surface area contributed by atoms with Crippen LogP contribution in [0.25, 0.3) is 39.2 Å². The Balaban J connectivity index is 1.22. The monoisotopic (exact) mass is 565 g/mol. The molecule has 0 spiro atoms. The highest BCUT2D eigenvalue weighted by atomic mass is 16.5. The number of nitrogens with zero attached hydrogens (tertiary/aromatic N) is 6. The Bertz CT molecular complexity index is 1760. The first-order chi connectivity index (χ1) is 20.4. The molecular weight excluding hydrogens is 526 g/mol. The van der Waals surface area contributed by atoms with Gasteiger partial charge in [0.1, 0.15) is 16.9 Å². The second-order valence-electron chi connectivity index (χ2n) is 12.9. The number of methoxy groups -OCH3 is 1. The summed E-state index contributed by atoms with van der Waals surface area (Å²) in [6, 6.07) is 10.6. The van der Waals surface area contributed by atoms with Crippen molar-refractivity contribution in [1.29, 1.82) is 0 Å². The van der Waals surface area contributed by atoms with E-state index in [0.717, 1.165) is 84.7 Å². The molecule has 0 unspecified atom stereocenters. The van der Waals surface area contributed by atoms with E-state index in [-0.39, 0.29) is 18.0 Å². The minimum atomic E-state index is 0.0211. The highest BCUT2D eigenvalue weighted by molar-refractivity contribution is 6.00. The number of aryl methyl sites for hydroxylation is 1. The summed E-state index contributed by atoms with van der Waals surface area (Å²) in [7, 11) is 5.86. The number of piperidine rings is 1. The van der Waals surface area contributed by atoms with E-state index in [1.165, 1.54) is 18.4 Å². The van der Waals surface area contributed by atoms with Gasteiger partial charge in [0.05, 0.1) is 24.0 Å². The number of rotatable bonds is 6. The molecule has 9 heteroatoms. The largest absolute Gasteiger partial charge is 0.494 e. The van der Waals surface area contributed by atoms with Crippen LogP contribution in [0.5, 0.6) is 5.75 Å². The molecular formula is C33H39N7O2. The Labute approximate surface area is 245 Å². The van der Waals surface area contributed by atoms with Crippen molar-refractivity contribution >= 4 is 33.5 Å². The van der Waals surface area contributed by atoms with Gasteiger partial charge in [0.2, 0.25) is 0 Å². The summed E-state index contributed by atoms with van der Waals surface area (Å²) < 4.78 is 10.3. The molecule has 3 atom stereocenters. The van der Waals surface area contributed by atoms with Crippen LogP contribution in [0.2, 0.25) is 0 Å². The van der Waals surface area contributed by atoms with Crippen molar-refractivity contribution in [2.24, 2.45) is 24.6 Å². The van der Waals surface area contributed by atoms with Crippen molar-refractivity contribution < 1.29 is 9.53 Å². The number of aromatic nitrogens is 4. The van der Waals surface area contributed by atoms with Crippen molar-refractivity contribution in [1.82, 2.24) is 28.9 Å². The first kappa shape index (κ1) is 26.0. The molecule has 8 rings (SSSR count). The van der Waals surface area contributed by atoms with Crippen LogP contribution in [0, 0.1) is 11.8 Å². The fraction of sp³-hybridized carbons (Fsp3) is 0.485. The number of likely N-dealkylation sites (N-methyl/N-ethyl adjacent to an activating group) is 1. The van der Waals surface area contributed by atoms with Gasteiger partial charge in [-0.25, -0.2) is 9.97 Å². The second-order valence-corrected chi connectivity index (χ2v) is 12.9. The Hall–Kier alpha value is -3.69. The van der Waals surface area contributed by atoms with Crippen LogP contribution in [0.3, 0.4) is 0 Å². The van der Waals surface area contributed by atoms with Gasteiger partial charge < -0.3 is 29.4 Å². The zero-order valence-corrected chi connectivity index (χ0v) is 24.7. The summed E-state index contributed by atoms with van der Waals surface area (Å²) in [4.78, 5) is 28.4. The maximum absolute atomic E-state index is 13.7. The quantitative estimate of drug-likeness (QED) is 0.375. The molecule has 1 saturated heterocycles. The molecule has 42 heavy (non-hydrogen) atoms. The lowest BCUT2D eigenvalue weighted by Gasteiger charge is -2.27. The van der Waals surface area contributed by atoms with Crippen LogP contribution >= 0.6 is 0 Å². The van der Waals surface area contributed by atoms with Gasteiger partial charge in [-0.1, -0.05) is 6.08 Å². The summed E-state index contributed by atoms with van der Waals surface area (Å²) in [5, 5.41) is 1.12. The third-order valence-electron chi connectivity index (χ3n) is 10.2. The SMILES string of the molecule is COc1cc(C(=O)N2C[C@H]3CC[C@@H]2[C@@H]3N)cc2nc(-c3cc4ccc(C5=CCN(C)CC5)nc4n3CC3CC3)n(C)c12. The third kappa shape index (κ3) is 4.08. The smallest absolute Gasteiger partial charge is 0.254 e. The van der Waals surface area contributed by atoms with Gasteiger partial charge in [0.25, 0.3) is 5.91 Å². The molecule has 4 aliphatic rings. The third-order valence-corrected chi connectivity index (χ3v) is 10.2. The first-order valence-electron chi connectivity index (χ1n) is 15.4. The Kier molecular flexibility index (Phi) is 5.98. The number of ether oxygens (including phenoxy) is 1. The standard InChI is InChI=1S/C33H39N7O2/c1-37-12-10-20(11-13-37)24-8-6-21-15-27(39(31(21)35-24)17-19-4-5-19)32-36-25-14-23(16-28(42-3)30(25)38(32)2)33(41)40-18-22-7-9-26(40)29(22)34/h6,8,10,14-16,19,22,26,29H,4-5,7,9,11-13,17-18,34H2,1-3H3/t22-,26-,29-/m1/s1. The van der Waals surface area contributed by atoms with E-state index >= 15 is 0 Å². The first-order valence-corrected chi connectivity index (χ1v) is 15.4. The van der Waals surface area contributed by atoms with E-state index in [4.69, 9.17) is 20.4 Å². The molecule has 2 bridgehead atoms. The lowest BCUT2D eigenvalue weighted by molar-refractivity contribution is 0.0700. The number of amides is 1. The van der Waals surface area contributed by atoms with Crippen LogP contribution in [-0.4, -0.2) is 80.7 Å². The molecule has 2 aliphatic heterocycles. The molecule has 3 fully saturated rings. The van der Waals surface area contributed by atoms with Crippen molar-refractivity contribution in [2.45, 2.75) is 50.7 Å². The van der Waals surface area contributed by atoms with E-state index < -0.39 is 0 Å². The minimum Gasteiger partial charge on any atom is -0.494 e. The van der Waals surface area contributed by atoms with Crippen molar-refractivity contribution in [3.05, 3.63) is 47.7 Å². The highest BCUT2D eigenvalue weighted by Crippen LogP contribution is 2.40. The lowest BCUT2D eigenvalue weighted by atomic mass is 10.0. The van der Waals surface area contributed by atoms with Gasteiger partial charge in [-0.15, -0.1) is 0 Å². The zero-order chi connectivity index (χ0) is 28.7. The lowest BCUT2D eigenvalue weighted by Crippen LogP contribution is -2.41. The normalized spacial score (nSPS) is 24.2. The number of imidazole rings is 1. The number of pyridine rings is 1. The minimum absolute atomic E-state index is 0.0211. The fourth-order valence-corrected chi connectivity index (χ4v) is 7.50. The number of likely N-dealkylation sites (tertiary alicyclic amines) is 1. The van der Waals surface area contributed by atoms with Crippen molar-refractivity contribution in [2.75, 3.05) is 33.8 Å². The zero-order valence-electron chi connectivity index (χ0n) is 24.7. The summed E-state index contributed by atoms with van der Waals surface area (Å²) >= 11 is 0. The Morgan fingerprint density at radius 1 is 1.10 bits per heavy atom. The van der Waals surface area contributed by atoms with Crippen LogP contribution in [0.15, 0.2) is 36.4 Å². The number of hydrogen-bond acceptors (Lipinski definition) is 6. The molecule has 4 aromatic rings. The van der Waals surface area contributed by atoms with Gasteiger partial charge in [0.15, 0.2) is 5.82 Å². The number of nitrogens with two attached hydrogens (primary N) is 1. The van der Waals surface area contributed by atoms with Gasteiger partial charge in [0, 0.05) is 56.3 Å². The molecule has 9 nitrogen and oxygen atoms in total. The summed E-state index contributed by atoms with van der Waals surface area (Å²) in [5.41, 5.74) is 13.1. The molecule has 2 aliphatic carbocycles. The van der Waals surface area contributed by atoms with Gasteiger partial charge in [-0.3, -0.25) is 4.79 Å². The topological polar surface area (TPSA) is 94.4 Å². The van der Waals surface area contributed by atoms with E-state index in [1.54, 1.807) is 7.11 Å². The molecule has 1 aromatic carbocycles. The predicted octanol–water partition coefficient (Wildman–Crippen LogP) is 4.29. The highest BCUT2D eigenvalue weighted by Gasteiger charge is 2.47. The average molecular weight is 566 g/mol. The van der Waals surface area contributed by atoms with Crippen LogP contribution in [0.1, 0.15) is 48.2 Å². The van der Waals surface area contributed by atoms with Crippen molar-refractivity contribution in [3.63, 3.8) is 0 Å². The Morgan fingerprint density at radius 3 is 2.64 bits per heavy atom. The van der Waals surface area contributed by atoms with Gasteiger partial charge in [-0.2, -0.15) is 0 Å². The average Bonchev–Trinajstić information content (AvgIpc) is 3.41. The molecule has 2 N–H and O–H groups in total. The molecule has 2 saturated carbocycles. The van der Waals surface area contributed by atoms with Crippen LogP contribution in [-0.2, 0) is 13.6 Å². The van der Waals surface area contributed by atoms with Crippen LogP contribution < -0.4 is 10.5 Å². The maximum Gasteiger partial charge on any atom is 0.254 e. The number of carbonyl (C=O) groups is 1. The summed E-state index contributed by atoms with van der Waals surface area (Å²) in [6.45, 7) is 3.68. The van der Waals surface area contributed by atoms with E-state index in [9.17, 15) is 4.79 Å². The number of benzene rings is 1. The van der Waals surface area contributed by atoms with E-state index in [1.807, 2.05) is 24.1 Å². The van der Waals surface area contributed by atoms with Crippen LogP contribution in [0.4, 0.5) is 0 Å². The molecule has 5 heterocycles.